The van der Waals surface area contributed by atoms with Crippen LogP contribution in [0.1, 0.15) is 20.3 Å². The van der Waals surface area contributed by atoms with E-state index in [0.717, 1.165) is 13.0 Å². The summed E-state index contributed by atoms with van der Waals surface area (Å²) in [6.07, 6.45) is 4.49. The van der Waals surface area contributed by atoms with Crippen LogP contribution < -0.4 is 0 Å². The highest BCUT2D eigenvalue weighted by atomic mass is 16.5. The predicted octanol–water partition coefficient (Wildman–Crippen LogP) is 2.54. The summed E-state index contributed by atoms with van der Waals surface area (Å²) >= 11 is 0. The molecule has 0 amide bonds. The smallest absolute Gasteiger partial charge is 0.0865 e. The maximum atomic E-state index is 5.43. The molecule has 58 valence electrons. The summed E-state index contributed by atoms with van der Waals surface area (Å²) in [6, 6.07) is 0. The summed E-state index contributed by atoms with van der Waals surface area (Å²) in [5.41, 5.74) is -0.212. The maximum absolute atomic E-state index is 5.43. The van der Waals surface area contributed by atoms with Gasteiger partial charge in [-0.25, -0.2) is 0 Å². The second-order valence-corrected chi connectivity index (χ2v) is 2.44. The van der Waals surface area contributed by atoms with Crippen molar-refractivity contribution in [2.75, 3.05) is 6.61 Å². The molecule has 10 heavy (non-hydrogen) atoms. The highest BCUT2D eigenvalue weighted by molar-refractivity contribution is 4.97. The molecule has 0 spiro atoms. The van der Waals surface area contributed by atoms with E-state index in [1.54, 1.807) is 0 Å². The van der Waals surface area contributed by atoms with E-state index in [1.807, 2.05) is 26.0 Å². The van der Waals surface area contributed by atoms with E-state index in [4.69, 9.17) is 4.74 Å². The van der Waals surface area contributed by atoms with Crippen LogP contribution in [0.3, 0.4) is 0 Å². The van der Waals surface area contributed by atoms with E-state index in [0.29, 0.717) is 0 Å². The predicted molar refractivity (Wildman–Crippen MR) is 45.0 cm³/mol. The third kappa shape index (κ3) is 2.83. The molecule has 0 aliphatic carbocycles. The van der Waals surface area contributed by atoms with Crippen molar-refractivity contribution in [3.05, 3.63) is 25.3 Å². The third-order valence-electron chi connectivity index (χ3n) is 1.46. The molecule has 1 atom stereocenters. The Morgan fingerprint density at radius 1 is 1.50 bits per heavy atom. The van der Waals surface area contributed by atoms with E-state index < -0.39 is 0 Å². The van der Waals surface area contributed by atoms with Crippen LogP contribution in [-0.4, -0.2) is 12.2 Å². The van der Waals surface area contributed by atoms with Crippen molar-refractivity contribution in [3.8, 4) is 0 Å². The lowest BCUT2D eigenvalue weighted by Crippen LogP contribution is -2.24. The van der Waals surface area contributed by atoms with Gasteiger partial charge in [0.25, 0.3) is 0 Å². The molecule has 1 nitrogen and oxygen atoms in total. The summed E-state index contributed by atoms with van der Waals surface area (Å²) in [5, 5.41) is 0. The lowest BCUT2D eigenvalue weighted by molar-refractivity contribution is 0.0165. The van der Waals surface area contributed by atoms with Crippen LogP contribution >= 0.6 is 0 Å². The number of rotatable bonds is 5. The molecule has 0 aliphatic heterocycles. The van der Waals surface area contributed by atoms with Crippen LogP contribution in [0.5, 0.6) is 0 Å². The monoisotopic (exact) mass is 140 g/mol. The normalized spacial score (nSPS) is 15.8. The van der Waals surface area contributed by atoms with Crippen molar-refractivity contribution in [3.63, 3.8) is 0 Å². The number of hydrogen-bond acceptors (Lipinski definition) is 1. The van der Waals surface area contributed by atoms with Crippen molar-refractivity contribution < 1.29 is 4.74 Å². The Hall–Kier alpha value is -0.560. The molecule has 1 unspecified atom stereocenters. The zero-order valence-corrected chi connectivity index (χ0v) is 6.89. The van der Waals surface area contributed by atoms with Crippen molar-refractivity contribution >= 4 is 0 Å². The minimum Gasteiger partial charge on any atom is -0.371 e. The van der Waals surface area contributed by atoms with Crippen LogP contribution in [0, 0.1) is 0 Å². The largest absolute Gasteiger partial charge is 0.371 e. The van der Waals surface area contributed by atoms with Crippen molar-refractivity contribution in [2.24, 2.45) is 0 Å². The van der Waals surface area contributed by atoms with Crippen molar-refractivity contribution in [1.29, 1.82) is 0 Å². The van der Waals surface area contributed by atoms with Gasteiger partial charge in [0.05, 0.1) is 5.60 Å². The van der Waals surface area contributed by atoms with E-state index >= 15 is 0 Å². The van der Waals surface area contributed by atoms with E-state index in [-0.39, 0.29) is 5.60 Å². The first-order chi connectivity index (χ1) is 4.68. The molecule has 0 aliphatic rings. The lowest BCUT2D eigenvalue weighted by atomic mass is 10.0. The summed E-state index contributed by atoms with van der Waals surface area (Å²) < 4.78 is 5.43. The summed E-state index contributed by atoms with van der Waals surface area (Å²) in [5.74, 6) is 0. The minimum absolute atomic E-state index is 0.212. The summed E-state index contributed by atoms with van der Waals surface area (Å²) in [6.45, 7) is 12.0. The fourth-order valence-corrected chi connectivity index (χ4v) is 0.818. The highest BCUT2D eigenvalue weighted by Gasteiger charge is 2.16. The second-order valence-electron chi connectivity index (χ2n) is 2.44. The molecule has 0 heterocycles. The van der Waals surface area contributed by atoms with Crippen LogP contribution in [0.4, 0.5) is 0 Å². The van der Waals surface area contributed by atoms with Crippen molar-refractivity contribution in [2.45, 2.75) is 25.9 Å². The Balaban J connectivity index is 3.92. The van der Waals surface area contributed by atoms with E-state index in [1.165, 1.54) is 0 Å². The molecule has 0 N–H and O–H groups in total. The molecular weight excluding hydrogens is 124 g/mol. The standard InChI is InChI=1S/C9H16O/c1-5-8-9(4,6-2)10-7-3/h5-6H,1-2,7-8H2,3-4H3. The van der Waals surface area contributed by atoms with Crippen LogP contribution in [0.25, 0.3) is 0 Å². The van der Waals surface area contributed by atoms with Crippen molar-refractivity contribution in [1.82, 2.24) is 0 Å². The zero-order chi connectivity index (χ0) is 8.04. The molecule has 0 saturated heterocycles. The van der Waals surface area contributed by atoms with Crippen LogP contribution in [0.2, 0.25) is 0 Å². The molecule has 0 bridgehead atoms. The molecule has 0 aromatic rings. The Labute approximate surface area is 63.4 Å². The van der Waals surface area contributed by atoms with Gasteiger partial charge in [-0.05, 0) is 20.3 Å². The molecule has 0 fully saturated rings. The first kappa shape index (κ1) is 9.44. The Morgan fingerprint density at radius 3 is 2.40 bits per heavy atom. The first-order valence-electron chi connectivity index (χ1n) is 3.57. The fraction of sp³-hybridized carbons (Fsp3) is 0.556. The lowest BCUT2D eigenvalue weighted by Gasteiger charge is -2.23. The van der Waals surface area contributed by atoms with Gasteiger partial charge in [0.1, 0.15) is 0 Å². The van der Waals surface area contributed by atoms with Crippen LogP contribution in [-0.2, 0) is 4.74 Å². The van der Waals surface area contributed by atoms with Gasteiger partial charge in [-0.1, -0.05) is 12.2 Å². The van der Waals surface area contributed by atoms with Gasteiger partial charge in [-0.15, -0.1) is 13.2 Å². The number of ether oxygens (including phenoxy) is 1. The maximum Gasteiger partial charge on any atom is 0.0865 e. The molecule has 0 saturated carbocycles. The quantitative estimate of drug-likeness (QED) is 0.533. The van der Waals surface area contributed by atoms with Gasteiger partial charge in [0.15, 0.2) is 0 Å². The van der Waals surface area contributed by atoms with Gasteiger partial charge >= 0.3 is 0 Å². The fourth-order valence-electron chi connectivity index (χ4n) is 0.818. The Morgan fingerprint density at radius 2 is 2.10 bits per heavy atom. The summed E-state index contributed by atoms with van der Waals surface area (Å²) in [4.78, 5) is 0. The van der Waals surface area contributed by atoms with E-state index in [9.17, 15) is 0 Å². The highest BCUT2D eigenvalue weighted by Crippen LogP contribution is 2.16. The molecular formula is C9H16O. The molecule has 0 aromatic heterocycles. The Kier molecular flexibility index (Phi) is 4.05. The zero-order valence-electron chi connectivity index (χ0n) is 6.89. The van der Waals surface area contributed by atoms with E-state index in [2.05, 4.69) is 13.2 Å². The molecule has 0 rings (SSSR count). The van der Waals surface area contributed by atoms with Gasteiger partial charge in [0.2, 0.25) is 0 Å². The summed E-state index contributed by atoms with van der Waals surface area (Å²) in [7, 11) is 0. The van der Waals surface area contributed by atoms with Gasteiger partial charge in [-0.3, -0.25) is 0 Å². The van der Waals surface area contributed by atoms with Gasteiger partial charge in [-0.2, -0.15) is 0 Å². The molecule has 1 heteroatoms. The average molecular weight is 140 g/mol. The third-order valence-corrected chi connectivity index (χ3v) is 1.46. The average Bonchev–Trinajstić information content (AvgIpc) is 1.89. The topological polar surface area (TPSA) is 9.23 Å². The Bertz CT molecular complexity index is 118. The van der Waals surface area contributed by atoms with Crippen LogP contribution in [0.15, 0.2) is 25.3 Å². The number of hydrogen-bond donors (Lipinski definition) is 0. The molecule has 0 radical (unpaired) electrons. The van der Waals surface area contributed by atoms with Gasteiger partial charge < -0.3 is 4.74 Å². The second kappa shape index (κ2) is 4.29. The first-order valence-corrected chi connectivity index (χ1v) is 3.57. The van der Waals surface area contributed by atoms with Gasteiger partial charge in [0, 0.05) is 6.61 Å². The molecule has 0 aromatic carbocycles. The minimum atomic E-state index is -0.212. The SMILES string of the molecule is C=CCC(C)(C=C)OCC.